The molecule has 3 heterocycles. The van der Waals surface area contributed by atoms with Crippen LogP contribution >= 0.6 is 34.3 Å². The Kier molecular flexibility index (Phi) is 5.78. The molecule has 0 aliphatic heterocycles. The van der Waals surface area contributed by atoms with Gasteiger partial charge < -0.3 is 9.84 Å². The van der Waals surface area contributed by atoms with Crippen LogP contribution in [0.25, 0.3) is 10.4 Å². The molecule has 1 aromatic carbocycles. The van der Waals surface area contributed by atoms with Gasteiger partial charge in [-0.25, -0.2) is 0 Å². The molecule has 0 fully saturated rings. The van der Waals surface area contributed by atoms with Gasteiger partial charge in [-0.15, -0.1) is 22.7 Å². The molecule has 142 valence electrons. The maximum atomic E-state index is 11.1. The molecule has 1 unspecified atom stereocenters. The van der Waals surface area contributed by atoms with Crippen LogP contribution in [0.15, 0.2) is 65.6 Å². The molecule has 1 N–H and O–H groups in total. The lowest BCUT2D eigenvalue weighted by Gasteiger charge is -2.15. The fourth-order valence-corrected chi connectivity index (χ4v) is 5.11. The normalized spacial score (nSPS) is 12.1. The van der Waals surface area contributed by atoms with Gasteiger partial charge in [0, 0.05) is 49.2 Å². The summed E-state index contributed by atoms with van der Waals surface area (Å²) in [7, 11) is 0. The van der Waals surface area contributed by atoms with Crippen LogP contribution in [0.2, 0.25) is 5.02 Å². The van der Waals surface area contributed by atoms with Gasteiger partial charge in [-0.2, -0.15) is 0 Å². The van der Waals surface area contributed by atoms with Crippen molar-refractivity contribution in [1.29, 1.82) is 0 Å². The standard InChI is InChI=1S/C22H18ClNO2S2/c1-14-10-16(23)6-7-18(14)26-12-20-21(22(25)15-4-2-8-24-11-15)17(13-28-20)19-5-3-9-27-19/h2-11,13,22,25H,12H2,1H3. The quantitative estimate of drug-likeness (QED) is 0.382. The molecular formula is C22H18ClNO2S2. The van der Waals surface area contributed by atoms with Crippen LogP contribution in [0, 0.1) is 6.92 Å². The number of benzene rings is 1. The third kappa shape index (κ3) is 3.98. The molecule has 1 atom stereocenters. The molecule has 3 nitrogen and oxygen atoms in total. The molecule has 0 spiro atoms. The van der Waals surface area contributed by atoms with Crippen molar-refractivity contribution < 1.29 is 9.84 Å². The van der Waals surface area contributed by atoms with Crippen LogP contribution in [0.4, 0.5) is 0 Å². The number of pyridine rings is 1. The van der Waals surface area contributed by atoms with Gasteiger partial charge in [-0.05, 0) is 48.2 Å². The van der Waals surface area contributed by atoms with Crippen molar-refractivity contribution >= 4 is 34.3 Å². The van der Waals surface area contributed by atoms with E-state index in [4.69, 9.17) is 16.3 Å². The highest BCUT2D eigenvalue weighted by Gasteiger charge is 2.23. The molecule has 0 radical (unpaired) electrons. The van der Waals surface area contributed by atoms with E-state index >= 15 is 0 Å². The van der Waals surface area contributed by atoms with E-state index in [0.717, 1.165) is 37.8 Å². The lowest BCUT2D eigenvalue weighted by molar-refractivity contribution is 0.216. The number of hydrogen-bond donors (Lipinski definition) is 1. The van der Waals surface area contributed by atoms with E-state index in [1.54, 1.807) is 35.1 Å². The molecular weight excluding hydrogens is 410 g/mol. The number of aliphatic hydroxyl groups is 1. The summed E-state index contributed by atoms with van der Waals surface area (Å²) in [6.45, 7) is 2.35. The first-order valence-electron chi connectivity index (χ1n) is 8.74. The van der Waals surface area contributed by atoms with Crippen molar-refractivity contribution in [3.05, 3.63) is 92.2 Å². The molecule has 4 aromatic rings. The zero-order valence-corrected chi connectivity index (χ0v) is 17.5. The van der Waals surface area contributed by atoms with Crippen molar-refractivity contribution in [3.63, 3.8) is 0 Å². The molecule has 4 rings (SSSR count). The minimum atomic E-state index is -0.762. The molecule has 0 aliphatic carbocycles. The zero-order valence-electron chi connectivity index (χ0n) is 15.1. The summed E-state index contributed by atoms with van der Waals surface area (Å²) in [5, 5.41) is 15.9. The van der Waals surface area contributed by atoms with Crippen LogP contribution in [-0.2, 0) is 6.61 Å². The third-order valence-electron chi connectivity index (χ3n) is 4.47. The summed E-state index contributed by atoms with van der Waals surface area (Å²) in [5.74, 6) is 0.789. The van der Waals surface area contributed by atoms with Crippen LogP contribution in [0.3, 0.4) is 0 Å². The zero-order chi connectivity index (χ0) is 19.5. The highest BCUT2D eigenvalue weighted by molar-refractivity contribution is 7.14. The Labute approximate surface area is 176 Å². The Morgan fingerprint density at radius 3 is 2.79 bits per heavy atom. The van der Waals surface area contributed by atoms with E-state index in [0.29, 0.717) is 11.6 Å². The number of aromatic nitrogens is 1. The fourth-order valence-electron chi connectivity index (χ4n) is 3.06. The number of aliphatic hydroxyl groups excluding tert-OH is 1. The number of ether oxygens (including phenoxy) is 1. The van der Waals surface area contributed by atoms with Gasteiger partial charge in [0.15, 0.2) is 0 Å². The average Bonchev–Trinajstić information content (AvgIpc) is 3.37. The minimum Gasteiger partial charge on any atom is -0.488 e. The maximum absolute atomic E-state index is 11.1. The Hall–Kier alpha value is -2.18. The Bertz CT molecular complexity index is 1060. The Morgan fingerprint density at radius 1 is 1.18 bits per heavy atom. The van der Waals surface area contributed by atoms with Crippen LogP contribution < -0.4 is 4.74 Å². The summed E-state index contributed by atoms with van der Waals surface area (Å²) < 4.78 is 6.06. The number of halogens is 1. The predicted octanol–water partition coefficient (Wildman–Crippen LogP) is 6.49. The van der Waals surface area contributed by atoms with Gasteiger partial charge >= 0.3 is 0 Å². The van der Waals surface area contributed by atoms with E-state index in [-0.39, 0.29) is 0 Å². The van der Waals surface area contributed by atoms with Crippen LogP contribution in [-0.4, -0.2) is 10.1 Å². The molecule has 3 aromatic heterocycles. The highest BCUT2D eigenvalue weighted by atomic mass is 35.5. The van der Waals surface area contributed by atoms with E-state index in [9.17, 15) is 5.11 Å². The third-order valence-corrected chi connectivity index (χ3v) is 6.58. The number of hydrogen-bond acceptors (Lipinski definition) is 5. The predicted molar refractivity (Wildman–Crippen MR) is 116 cm³/mol. The lowest BCUT2D eigenvalue weighted by atomic mass is 9.99. The number of nitrogens with zero attached hydrogens (tertiary/aromatic N) is 1. The number of thiophene rings is 2. The second-order valence-electron chi connectivity index (χ2n) is 6.35. The van der Waals surface area contributed by atoms with Gasteiger partial charge in [0.2, 0.25) is 0 Å². The van der Waals surface area contributed by atoms with Crippen LogP contribution in [0.1, 0.15) is 27.7 Å². The van der Waals surface area contributed by atoms with Crippen molar-refractivity contribution in [2.45, 2.75) is 19.6 Å². The molecule has 6 heteroatoms. The van der Waals surface area contributed by atoms with Crippen LogP contribution in [0.5, 0.6) is 5.75 Å². The fraction of sp³-hybridized carbons (Fsp3) is 0.136. The summed E-state index contributed by atoms with van der Waals surface area (Å²) in [5.41, 5.74) is 3.68. The van der Waals surface area contributed by atoms with Crippen molar-refractivity contribution in [3.8, 4) is 16.2 Å². The molecule has 0 aliphatic rings. The summed E-state index contributed by atoms with van der Waals surface area (Å²) in [6.07, 6.45) is 2.65. The SMILES string of the molecule is Cc1cc(Cl)ccc1OCc1scc(-c2cccs2)c1C(O)c1cccnc1. The number of rotatable bonds is 6. The Morgan fingerprint density at radius 2 is 2.07 bits per heavy atom. The average molecular weight is 428 g/mol. The lowest BCUT2D eigenvalue weighted by Crippen LogP contribution is -2.05. The van der Waals surface area contributed by atoms with E-state index in [1.807, 2.05) is 48.7 Å². The highest BCUT2D eigenvalue weighted by Crippen LogP contribution is 2.40. The second-order valence-corrected chi connectivity index (χ2v) is 8.70. The second kappa shape index (κ2) is 8.45. The smallest absolute Gasteiger partial charge is 0.123 e. The van der Waals surface area contributed by atoms with E-state index < -0.39 is 6.10 Å². The van der Waals surface area contributed by atoms with Crippen molar-refractivity contribution in [2.24, 2.45) is 0 Å². The first kappa shape index (κ1) is 19.2. The summed E-state index contributed by atoms with van der Waals surface area (Å²) >= 11 is 9.30. The van der Waals surface area contributed by atoms with E-state index in [2.05, 4.69) is 16.4 Å². The minimum absolute atomic E-state index is 0.380. The van der Waals surface area contributed by atoms with E-state index in [1.165, 1.54) is 0 Å². The van der Waals surface area contributed by atoms with Gasteiger partial charge in [0.25, 0.3) is 0 Å². The first-order chi connectivity index (χ1) is 13.6. The maximum Gasteiger partial charge on any atom is 0.123 e. The topological polar surface area (TPSA) is 42.4 Å². The molecule has 0 saturated carbocycles. The summed E-state index contributed by atoms with van der Waals surface area (Å²) in [4.78, 5) is 6.28. The monoisotopic (exact) mass is 427 g/mol. The first-order valence-corrected chi connectivity index (χ1v) is 10.9. The number of aryl methyl sites for hydroxylation is 1. The van der Waals surface area contributed by atoms with Gasteiger partial charge in [0.05, 0.1) is 0 Å². The van der Waals surface area contributed by atoms with Gasteiger partial charge in [-0.1, -0.05) is 23.7 Å². The molecule has 0 bridgehead atoms. The largest absolute Gasteiger partial charge is 0.488 e. The molecule has 28 heavy (non-hydrogen) atoms. The van der Waals surface area contributed by atoms with Gasteiger partial charge in [-0.3, -0.25) is 4.98 Å². The Balaban J connectivity index is 1.69. The van der Waals surface area contributed by atoms with Crippen molar-refractivity contribution in [2.75, 3.05) is 0 Å². The summed E-state index contributed by atoms with van der Waals surface area (Å²) in [6, 6.07) is 13.4. The van der Waals surface area contributed by atoms with Crippen molar-refractivity contribution in [1.82, 2.24) is 4.98 Å². The molecule has 0 saturated heterocycles. The molecule has 0 amide bonds. The van der Waals surface area contributed by atoms with Gasteiger partial charge in [0.1, 0.15) is 18.5 Å².